The molecule has 0 bridgehead atoms. The van der Waals surface area contributed by atoms with Gasteiger partial charge in [-0.3, -0.25) is 0 Å². The number of nitrogens with zero attached hydrogens (tertiary/aromatic N) is 1. The fourth-order valence-corrected chi connectivity index (χ4v) is 0.851. The van der Waals surface area contributed by atoms with Crippen molar-refractivity contribution in [2.24, 2.45) is 0 Å². The van der Waals surface area contributed by atoms with Crippen molar-refractivity contribution in [3.05, 3.63) is 0 Å². The lowest BCUT2D eigenvalue weighted by Crippen LogP contribution is -2.49. The maximum absolute atomic E-state index is 9.27. The van der Waals surface area contributed by atoms with Gasteiger partial charge in [0.25, 0.3) is 0 Å². The standard InChI is InChI=1S/C7H16NO2/c1-6(9)8(2,3)4-7-5-10-7/h6-7,9H,4-5H2,1-3H3/q+1. The summed E-state index contributed by atoms with van der Waals surface area (Å²) in [6, 6.07) is 0. The molecule has 0 aromatic rings. The van der Waals surface area contributed by atoms with Gasteiger partial charge in [-0.1, -0.05) is 0 Å². The number of ether oxygens (including phenoxy) is 1. The van der Waals surface area contributed by atoms with Crippen LogP contribution in [0, 0.1) is 0 Å². The minimum absolute atomic E-state index is 0.302. The minimum Gasteiger partial charge on any atom is -0.367 e. The molecule has 1 saturated heterocycles. The van der Waals surface area contributed by atoms with Gasteiger partial charge in [-0.15, -0.1) is 0 Å². The molecule has 2 atom stereocenters. The maximum atomic E-state index is 9.27. The van der Waals surface area contributed by atoms with Crippen LogP contribution in [0.4, 0.5) is 0 Å². The lowest BCUT2D eigenvalue weighted by Gasteiger charge is -2.31. The van der Waals surface area contributed by atoms with Crippen molar-refractivity contribution in [2.75, 3.05) is 27.2 Å². The maximum Gasteiger partial charge on any atom is 0.187 e. The molecule has 0 aromatic heterocycles. The number of hydrogen-bond acceptors (Lipinski definition) is 2. The Morgan fingerprint density at radius 3 is 2.50 bits per heavy atom. The van der Waals surface area contributed by atoms with Gasteiger partial charge in [0.2, 0.25) is 0 Å². The third kappa shape index (κ3) is 1.94. The first-order valence-corrected chi connectivity index (χ1v) is 3.65. The summed E-state index contributed by atoms with van der Waals surface area (Å²) in [5, 5.41) is 9.27. The fourth-order valence-electron chi connectivity index (χ4n) is 0.851. The van der Waals surface area contributed by atoms with E-state index in [1.54, 1.807) is 0 Å². The van der Waals surface area contributed by atoms with Gasteiger partial charge >= 0.3 is 0 Å². The van der Waals surface area contributed by atoms with Crippen LogP contribution in [0.25, 0.3) is 0 Å². The van der Waals surface area contributed by atoms with Crippen LogP contribution in [0.2, 0.25) is 0 Å². The highest BCUT2D eigenvalue weighted by atomic mass is 16.6. The van der Waals surface area contributed by atoms with Gasteiger partial charge in [0.05, 0.1) is 20.7 Å². The molecule has 0 aromatic carbocycles. The van der Waals surface area contributed by atoms with Gasteiger partial charge in [0, 0.05) is 6.92 Å². The highest BCUT2D eigenvalue weighted by Gasteiger charge is 2.33. The summed E-state index contributed by atoms with van der Waals surface area (Å²) in [6.45, 7) is 3.59. The largest absolute Gasteiger partial charge is 0.367 e. The molecule has 0 spiro atoms. The molecule has 1 rings (SSSR count). The molecule has 1 aliphatic rings. The molecular formula is C7H16NO2+. The summed E-state index contributed by atoms with van der Waals surface area (Å²) < 4.78 is 5.70. The number of hydrogen-bond donors (Lipinski definition) is 1. The molecule has 0 amide bonds. The molecule has 1 aliphatic heterocycles. The normalized spacial score (nSPS) is 28.2. The van der Waals surface area contributed by atoms with Gasteiger partial charge in [-0.25, -0.2) is 0 Å². The molecule has 60 valence electrons. The summed E-state index contributed by atoms with van der Waals surface area (Å²) >= 11 is 0. The van der Waals surface area contributed by atoms with E-state index in [2.05, 4.69) is 0 Å². The first-order chi connectivity index (χ1) is 4.52. The number of aliphatic hydroxyl groups excluding tert-OH is 1. The third-order valence-corrected chi connectivity index (χ3v) is 2.09. The summed E-state index contributed by atoms with van der Waals surface area (Å²) in [4.78, 5) is 0. The monoisotopic (exact) mass is 146 g/mol. The van der Waals surface area contributed by atoms with Gasteiger partial charge < -0.3 is 14.3 Å². The van der Waals surface area contributed by atoms with Crippen molar-refractivity contribution in [2.45, 2.75) is 19.3 Å². The van der Waals surface area contributed by atoms with Crippen LogP contribution < -0.4 is 0 Å². The highest BCUT2D eigenvalue weighted by Crippen LogP contribution is 2.15. The van der Waals surface area contributed by atoms with Crippen LogP contribution in [0.15, 0.2) is 0 Å². The number of epoxide rings is 1. The average molecular weight is 146 g/mol. The van der Waals surface area contributed by atoms with Crippen molar-refractivity contribution < 1.29 is 14.3 Å². The Hall–Kier alpha value is -0.120. The quantitative estimate of drug-likeness (QED) is 0.340. The lowest BCUT2D eigenvalue weighted by molar-refractivity contribution is -0.934. The number of quaternary nitrogens is 1. The molecule has 1 fully saturated rings. The fraction of sp³-hybridized carbons (Fsp3) is 1.00. The Balaban J connectivity index is 2.33. The number of likely N-dealkylation sites (N-methyl/N-ethyl adjacent to an activating group) is 1. The SMILES string of the molecule is CC(O)[N+](C)(C)CC1CO1. The number of aliphatic hydroxyl groups is 1. The molecule has 0 radical (unpaired) electrons. The van der Waals surface area contributed by atoms with E-state index in [-0.39, 0.29) is 6.23 Å². The second-order valence-electron chi connectivity index (χ2n) is 3.55. The molecule has 0 saturated carbocycles. The van der Waals surface area contributed by atoms with Crippen molar-refractivity contribution in [3.8, 4) is 0 Å². The topological polar surface area (TPSA) is 32.8 Å². The van der Waals surface area contributed by atoms with Gasteiger partial charge in [0.1, 0.15) is 12.6 Å². The Morgan fingerprint density at radius 2 is 2.20 bits per heavy atom. The molecule has 3 heteroatoms. The average Bonchev–Trinajstić information content (AvgIpc) is 2.48. The summed E-state index contributed by atoms with van der Waals surface area (Å²) in [6.07, 6.45) is 0.0915. The Labute approximate surface area is 61.8 Å². The minimum atomic E-state index is -0.302. The zero-order chi connectivity index (χ0) is 7.78. The Bertz CT molecular complexity index is 119. The van der Waals surface area contributed by atoms with E-state index in [1.807, 2.05) is 21.0 Å². The first-order valence-electron chi connectivity index (χ1n) is 3.65. The van der Waals surface area contributed by atoms with Crippen molar-refractivity contribution in [1.29, 1.82) is 0 Å². The number of rotatable bonds is 3. The molecule has 1 heterocycles. The molecule has 2 unspecified atom stereocenters. The summed E-state index contributed by atoms with van der Waals surface area (Å²) in [5.41, 5.74) is 0. The van der Waals surface area contributed by atoms with Crippen LogP contribution in [-0.4, -0.2) is 49.2 Å². The zero-order valence-electron chi connectivity index (χ0n) is 6.87. The molecule has 1 N–H and O–H groups in total. The Morgan fingerprint density at radius 1 is 1.70 bits per heavy atom. The predicted molar refractivity (Wildman–Crippen MR) is 38.4 cm³/mol. The highest BCUT2D eigenvalue weighted by molar-refractivity contribution is 4.67. The first kappa shape index (κ1) is 7.98. The van der Waals surface area contributed by atoms with Crippen LogP contribution >= 0.6 is 0 Å². The van der Waals surface area contributed by atoms with E-state index in [9.17, 15) is 5.11 Å². The van der Waals surface area contributed by atoms with E-state index < -0.39 is 0 Å². The molecule has 0 aliphatic carbocycles. The summed E-state index contributed by atoms with van der Waals surface area (Å²) in [7, 11) is 4.01. The van der Waals surface area contributed by atoms with E-state index in [4.69, 9.17) is 4.74 Å². The summed E-state index contributed by atoms with van der Waals surface area (Å²) in [5.74, 6) is 0. The van der Waals surface area contributed by atoms with Gasteiger partial charge in [-0.2, -0.15) is 0 Å². The molecule has 3 nitrogen and oxygen atoms in total. The van der Waals surface area contributed by atoms with Crippen LogP contribution in [-0.2, 0) is 4.74 Å². The van der Waals surface area contributed by atoms with Crippen LogP contribution in [0.1, 0.15) is 6.92 Å². The second kappa shape index (κ2) is 2.49. The van der Waals surface area contributed by atoms with E-state index >= 15 is 0 Å². The van der Waals surface area contributed by atoms with Crippen molar-refractivity contribution in [3.63, 3.8) is 0 Å². The van der Waals surface area contributed by atoms with Crippen LogP contribution in [0.5, 0.6) is 0 Å². The van der Waals surface area contributed by atoms with E-state index in [0.29, 0.717) is 10.6 Å². The van der Waals surface area contributed by atoms with Gasteiger partial charge in [-0.05, 0) is 0 Å². The lowest BCUT2D eigenvalue weighted by atomic mass is 10.3. The molecular weight excluding hydrogens is 130 g/mol. The second-order valence-corrected chi connectivity index (χ2v) is 3.55. The smallest absolute Gasteiger partial charge is 0.187 e. The zero-order valence-corrected chi connectivity index (χ0v) is 6.87. The van der Waals surface area contributed by atoms with E-state index in [1.165, 1.54) is 0 Å². The van der Waals surface area contributed by atoms with Crippen LogP contribution in [0.3, 0.4) is 0 Å². The third-order valence-electron chi connectivity index (χ3n) is 2.09. The molecule has 10 heavy (non-hydrogen) atoms. The van der Waals surface area contributed by atoms with E-state index in [0.717, 1.165) is 13.2 Å². The van der Waals surface area contributed by atoms with Crippen molar-refractivity contribution in [1.82, 2.24) is 0 Å². The van der Waals surface area contributed by atoms with Gasteiger partial charge in [0.15, 0.2) is 6.23 Å². The Kier molecular flexibility index (Phi) is 1.99. The van der Waals surface area contributed by atoms with Crippen molar-refractivity contribution >= 4 is 0 Å². The predicted octanol–water partition coefficient (Wildman–Crippen LogP) is -0.200.